The van der Waals surface area contributed by atoms with Crippen molar-refractivity contribution in [3.05, 3.63) is 0 Å². The van der Waals surface area contributed by atoms with Crippen LogP contribution in [-0.4, -0.2) is 47.4 Å². The predicted octanol–water partition coefficient (Wildman–Crippen LogP) is -1.75. The number of aliphatic hydroxyl groups excluding tert-OH is 1. The van der Waals surface area contributed by atoms with Gasteiger partial charge in [-0.15, -0.1) is 0 Å². The fraction of sp³-hybridized carbons (Fsp3) is 0.333. The van der Waals surface area contributed by atoms with Crippen molar-refractivity contribution in [2.45, 2.75) is 0 Å². The second-order valence-electron chi connectivity index (χ2n) is 0.886. The van der Waals surface area contributed by atoms with E-state index in [0.29, 0.717) is 0 Å². The molecule has 0 aromatic carbocycles. The predicted molar refractivity (Wildman–Crippen MR) is 25.5 cm³/mol. The third kappa shape index (κ3) is 3.87. The Morgan fingerprint density at radius 2 is 1.75 bits per heavy atom. The Hall–Kier alpha value is -0.303. The van der Waals surface area contributed by atoms with Gasteiger partial charge < -0.3 is 10.2 Å². The summed E-state index contributed by atoms with van der Waals surface area (Å²) in [5.41, 5.74) is 0. The van der Waals surface area contributed by atoms with Crippen LogP contribution in [0.15, 0.2) is 0 Å². The van der Waals surface area contributed by atoms with E-state index in [1.54, 1.807) is 0 Å². The Morgan fingerprint density at radius 3 is 1.75 bits per heavy atom. The van der Waals surface area contributed by atoms with Crippen molar-refractivity contribution >= 4 is 30.6 Å². The maximum absolute atomic E-state index is 9.66. The van der Waals surface area contributed by atoms with E-state index in [1.807, 2.05) is 0 Å². The first kappa shape index (κ1) is 10.6. The summed E-state index contributed by atoms with van der Waals surface area (Å²) in [4.78, 5) is 19.1. The van der Waals surface area contributed by atoms with Crippen molar-refractivity contribution in [3.63, 3.8) is 0 Å². The van der Waals surface area contributed by atoms with E-state index in [0.717, 1.165) is 0 Å². The van der Waals surface area contributed by atoms with Gasteiger partial charge in [-0.2, -0.15) is 0 Å². The van der Waals surface area contributed by atoms with Gasteiger partial charge in [0.2, 0.25) is 0 Å². The molecule has 0 aromatic rings. The normalized spacial score (nSPS) is 7.12. The molecule has 5 heteroatoms. The molecule has 0 aliphatic heterocycles. The Morgan fingerprint density at radius 1 is 1.38 bits per heavy atom. The van der Waals surface area contributed by atoms with Gasteiger partial charge in [0, 0.05) is 18.9 Å². The first-order valence-corrected chi connectivity index (χ1v) is 1.55. The van der Waals surface area contributed by atoms with Crippen LogP contribution in [0.1, 0.15) is 0 Å². The molecule has 0 rings (SSSR count). The standard InChI is InChI=1S/C3H4O4.Li/c4-1-2(5)3(6)7;/h4H,1H2,(H,6,7);. The third-order valence-corrected chi connectivity index (χ3v) is 0.382. The maximum Gasteiger partial charge on any atom is 0.374 e. The van der Waals surface area contributed by atoms with Crippen LogP contribution < -0.4 is 0 Å². The Bertz CT molecular complexity index is 99.5. The van der Waals surface area contributed by atoms with Gasteiger partial charge >= 0.3 is 5.97 Å². The van der Waals surface area contributed by atoms with E-state index in [9.17, 15) is 9.59 Å². The molecule has 8 heavy (non-hydrogen) atoms. The summed E-state index contributed by atoms with van der Waals surface area (Å²) < 4.78 is 0. The van der Waals surface area contributed by atoms with Crippen LogP contribution >= 0.6 is 0 Å². The summed E-state index contributed by atoms with van der Waals surface area (Å²) in [5.74, 6) is -2.78. The largest absolute Gasteiger partial charge is 0.475 e. The number of ketones is 1. The summed E-state index contributed by atoms with van der Waals surface area (Å²) >= 11 is 0. The van der Waals surface area contributed by atoms with E-state index in [4.69, 9.17) is 10.2 Å². The number of rotatable bonds is 2. The van der Waals surface area contributed by atoms with E-state index < -0.39 is 18.4 Å². The van der Waals surface area contributed by atoms with Crippen LogP contribution in [0.5, 0.6) is 0 Å². The second-order valence-corrected chi connectivity index (χ2v) is 0.886. The van der Waals surface area contributed by atoms with Crippen molar-refractivity contribution in [3.8, 4) is 0 Å². The molecule has 0 aliphatic carbocycles. The Labute approximate surface area is 57.7 Å². The van der Waals surface area contributed by atoms with Gasteiger partial charge in [-0.3, -0.25) is 4.79 Å². The zero-order valence-corrected chi connectivity index (χ0v) is 4.42. The summed E-state index contributed by atoms with van der Waals surface area (Å²) in [5, 5.41) is 15.4. The van der Waals surface area contributed by atoms with Crippen molar-refractivity contribution in [1.29, 1.82) is 0 Å². The molecule has 0 amide bonds. The maximum atomic E-state index is 9.66. The van der Waals surface area contributed by atoms with Gasteiger partial charge in [0.05, 0.1) is 0 Å². The topological polar surface area (TPSA) is 74.6 Å². The van der Waals surface area contributed by atoms with Gasteiger partial charge in [0.1, 0.15) is 6.61 Å². The zero-order chi connectivity index (χ0) is 5.86. The number of carbonyl (C=O) groups is 2. The van der Waals surface area contributed by atoms with Crippen molar-refractivity contribution in [2.24, 2.45) is 0 Å². The summed E-state index contributed by atoms with van der Waals surface area (Å²) in [7, 11) is 0. The van der Waals surface area contributed by atoms with Crippen LogP contribution in [-0.2, 0) is 9.59 Å². The van der Waals surface area contributed by atoms with Crippen LogP contribution in [0.4, 0.5) is 0 Å². The second kappa shape index (κ2) is 4.85. The van der Waals surface area contributed by atoms with Gasteiger partial charge in [-0.25, -0.2) is 4.79 Å². The quantitative estimate of drug-likeness (QED) is 0.327. The number of carbonyl (C=O) groups excluding carboxylic acids is 1. The van der Waals surface area contributed by atoms with Gasteiger partial charge in [0.15, 0.2) is 0 Å². The van der Waals surface area contributed by atoms with Crippen LogP contribution in [0.2, 0.25) is 0 Å². The van der Waals surface area contributed by atoms with E-state index in [-0.39, 0.29) is 18.9 Å². The molecule has 0 spiro atoms. The summed E-state index contributed by atoms with van der Waals surface area (Å²) in [6.07, 6.45) is 0. The molecule has 0 fully saturated rings. The van der Waals surface area contributed by atoms with E-state index >= 15 is 0 Å². The summed E-state index contributed by atoms with van der Waals surface area (Å²) in [6, 6.07) is 0. The zero-order valence-electron chi connectivity index (χ0n) is 4.42. The van der Waals surface area contributed by atoms with E-state index in [1.165, 1.54) is 0 Å². The first-order chi connectivity index (χ1) is 3.18. The van der Waals surface area contributed by atoms with Crippen molar-refractivity contribution in [1.82, 2.24) is 0 Å². The molecule has 4 nitrogen and oxygen atoms in total. The number of hydrogen-bond donors (Lipinski definition) is 2. The monoisotopic (exact) mass is 111 g/mol. The molecule has 0 aliphatic rings. The average Bonchev–Trinajstić information content (AvgIpc) is 1.65. The SMILES string of the molecule is O=C(O)C(=O)CO.[Li]. The minimum absolute atomic E-state index is 0. The van der Waals surface area contributed by atoms with Crippen LogP contribution in [0.3, 0.4) is 0 Å². The van der Waals surface area contributed by atoms with Crippen LogP contribution in [0, 0.1) is 0 Å². The molecule has 0 atom stereocenters. The third-order valence-electron chi connectivity index (χ3n) is 0.382. The number of carboxylic acid groups (broad SMARTS) is 1. The van der Waals surface area contributed by atoms with Crippen LogP contribution in [0.25, 0.3) is 0 Å². The molecular weight excluding hydrogens is 107 g/mol. The minimum Gasteiger partial charge on any atom is -0.475 e. The molecule has 0 aromatic heterocycles. The number of aliphatic carboxylic acids is 1. The number of aliphatic hydroxyl groups is 1. The van der Waals surface area contributed by atoms with Gasteiger partial charge in [-0.05, 0) is 0 Å². The molecule has 0 heterocycles. The Kier molecular flexibility index (Phi) is 6.44. The molecule has 2 N–H and O–H groups in total. The fourth-order valence-corrected chi connectivity index (χ4v) is 0.0676. The molecule has 0 unspecified atom stereocenters. The molecule has 41 valence electrons. The van der Waals surface area contributed by atoms with Crippen molar-refractivity contribution in [2.75, 3.05) is 6.61 Å². The van der Waals surface area contributed by atoms with Gasteiger partial charge in [0.25, 0.3) is 5.78 Å². The Balaban J connectivity index is 0. The number of carboxylic acids is 1. The van der Waals surface area contributed by atoms with Gasteiger partial charge in [-0.1, -0.05) is 0 Å². The molecule has 0 saturated carbocycles. The fourth-order valence-electron chi connectivity index (χ4n) is 0.0676. The molecule has 0 saturated heterocycles. The number of Topliss-reactive ketones (excluding diaryl/α,β-unsaturated/α-hetero) is 1. The molecular formula is C3H4LiO4. The summed E-state index contributed by atoms with van der Waals surface area (Å²) in [6.45, 7) is -0.921. The number of hydrogen-bond acceptors (Lipinski definition) is 3. The smallest absolute Gasteiger partial charge is 0.374 e. The minimum atomic E-state index is -1.59. The van der Waals surface area contributed by atoms with Crippen molar-refractivity contribution < 1.29 is 19.8 Å². The first-order valence-electron chi connectivity index (χ1n) is 1.55. The molecule has 0 bridgehead atoms. The molecule has 1 radical (unpaired) electrons. The van der Waals surface area contributed by atoms with E-state index in [2.05, 4.69) is 0 Å². The average molecular weight is 111 g/mol.